The number of nitrogens with zero attached hydrogens (tertiary/aromatic N) is 1. The van der Waals surface area contributed by atoms with Gasteiger partial charge in [-0.25, -0.2) is 0 Å². The Kier molecular flexibility index (Phi) is 6.19. The molecule has 0 aliphatic heterocycles. The number of rotatable bonds is 7. The zero-order chi connectivity index (χ0) is 13.6. The smallest absolute Gasteiger partial charge is 0.323 e. The molecular weight excluding hydrogens is 228 g/mol. The zero-order valence-electron chi connectivity index (χ0n) is 9.92. The van der Waals surface area contributed by atoms with Crippen molar-refractivity contribution in [1.82, 2.24) is 4.90 Å². The average Bonchev–Trinajstić information content (AvgIpc) is 2.20. The Morgan fingerprint density at radius 1 is 1.18 bits per heavy atom. The van der Waals surface area contributed by atoms with Crippen LogP contribution in [-0.4, -0.2) is 51.6 Å². The Balaban J connectivity index is 4.49. The Hall–Kier alpha value is -1.63. The van der Waals surface area contributed by atoms with E-state index in [2.05, 4.69) is 0 Å². The van der Waals surface area contributed by atoms with Crippen LogP contribution in [0, 0.1) is 0 Å². The second-order valence-electron chi connectivity index (χ2n) is 3.99. The van der Waals surface area contributed by atoms with E-state index in [1.807, 2.05) is 0 Å². The monoisotopic (exact) mass is 246 g/mol. The minimum absolute atomic E-state index is 0.00297. The van der Waals surface area contributed by atoms with Crippen LogP contribution in [0.15, 0.2) is 0 Å². The molecule has 7 nitrogen and oxygen atoms in total. The van der Waals surface area contributed by atoms with Gasteiger partial charge in [0, 0.05) is 12.5 Å². The first-order valence-electron chi connectivity index (χ1n) is 5.25. The molecule has 0 aliphatic rings. The summed E-state index contributed by atoms with van der Waals surface area (Å²) < 4.78 is 0. The Bertz CT molecular complexity index is 303. The van der Waals surface area contributed by atoms with Gasteiger partial charge in [0.2, 0.25) is 5.91 Å². The van der Waals surface area contributed by atoms with Crippen LogP contribution < -0.4 is 5.73 Å². The fourth-order valence-corrected chi connectivity index (χ4v) is 1.28. The molecule has 0 saturated carbocycles. The van der Waals surface area contributed by atoms with Gasteiger partial charge in [-0.1, -0.05) is 0 Å². The Labute approximate surface area is 99.2 Å². The topological polar surface area (TPSA) is 121 Å². The highest BCUT2D eigenvalue weighted by Gasteiger charge is 2.25. The van der Waals surface area contributed by atoms with Crippen molar-refractivity contribution >= 4 is 17.8 Å². The van der Waals surface area contributed by atoms with Crippen LogP contribution in [0.4, 0.5) is 0 Å². The van der Waals surface area contributed by atoms with Crippen LogP contribution in [0.1, 0.15) is 26.7 Å². The predicted molar refractivity (Wildman–Crippen MR) is 59.3 cm³/mol. The highest BCUT2D eigenvalue weighted by molar-refractivity contribution is 5.85. The molecule has 98 valence electrons. The van der Waals surface area contributed by atoms with Crippen molar-refractivity contribution in [1.29, 1.82) is 0 Å². The van der Waals surface area contributed by atoms with Crippen LogP contribution in [0.25, 0.3) is 0 Å². The van der Waals surface area contributed by atoms with E-state index in [0.29, 0.717) is 0 Å². The van der Waals surface area contributed by atoms with Gasteiger partial charge in [-0.2, -0.15) is 0 Å². The van der Waals surface area contributed by atoms with E-state index in [-0.39, 0.29) is 18.9 Å². The zero-order valence-corrected chi connectivity index (χ0v) is 9.92. The molecule has 0 aromatic heterocycles. The Morgan fingerprint density at radius 2 is 1.71 bits per heavy atom. The van der Waals surface area contributed by atoms with E-state index in [0.717, 1.165) is 4.90 Å². The second kappa shape index (κ2) is 6.85. The molecule has 1 amide bonds. The normalized spacial score (nSPS) is 12.2. The molecule has 1 unspecified atom stereocenters. The molecule has 0 aliphatic carbocycles. The lowest BCUT2D eigenvalue weighted by atomic mass is 10.1. The second-order valence-corrected chi connectivity index (χ2v) is 3.99. The Morgan fingerprint density at radius 3 is 2.06 bits per heavy atom. The highest BCUT2D eigenvalue weighted by atomic mass is 16.4. The van der Waals surface area contributed by atoms with Crippen molar-refractivity contribution in [2.24, 2.45) is 5.73 Å². The first kappa shape index (κ1) is 15.4. The molecule has 0 aromatic rings. The average molecular weight is 246 g/mol. The number of nitrogens with two attached hydrogens (primary N) is 1. The molecule has 0 heterocycles. The van der Waals surface area contributed by atoms with Crippen molar-refractivity contribution in [3.05, 3.63) is 0 Å². The molecule has 17 heavy (non-hydrogen) atoms. The van der Waals surface area contributed by atoms with Crippen LogP contribution in [0.3, 0.4) is 0 Å². The first-order valence-corrected chi connectivity index (χ1v) is 5.25. The number of hydrogen-bond donors (Lipinski definition) is 3. The van der Waals surface area contributed by atoms with Crippen LogP contribution in [-0.2, 0) is 14.4 Å². The van der Waals surface area contributed by atoms with Gasteiger partial charge in [0.05, 0.1) is 6.04 Å². The van der Waals surface area contributed by atoms with Crippen molar-refractivity contribution < 1.29 is 24.6 Å². The lowest BCUT2D eigenvalue weighted by molar-refractivity contribution is -0.146. The van der Waals surface area contributed by atoms with Gasteiger partial charge in [-0.3, -0.25) is 14.4 Å². The SMILES string of the molecule is CC(C)N(CC(=O)O)C(=O)C(N)CCC(=O)O. The molecular formula is C10H18N2O5. The molecule has 0 spiro atoms. The maximum atomic E-state index is 11.8. The number of carboxylic acids is 2. The number of carbonyl (C=O) groups is 3. The van der Waals surface area contributed by atoms with E-state index in [1.165, 1.54) is 0 Å². The van der Waals surface area contributed by atoms with Gasteiger partial charge >= 0.3 is 11.9 Å². The van der Waals surface area contributed by atoms with E-state index in [1.54, 1.807) is 13.8 Å². The standard InChI is InChI=1S/C10H18N2O5/c1-6(2)12(5-9(15)16)10(17)7(11)3-4-8(13)14/h6-7H,3-5,11H2,1-2H3,(H,13,14)(H,15,16). The largest absolute Gasteiger partial charge is 0.481 e. The molecule has 1 atom stereocenters. The molecule has 4 N–H and O–H groups in total. The van der Waals surface area contributed by atoms with Gasteiger partial charge in [-0.15, -0.1) is 0 Å². The minimum Gasteiger partial charge on any atom is -0.481 e. The minimum atomic E-state index is -1.13. The van der Waals surface area contributed by atoms with Crippen LogP contribution >= 0.6 is 0 Å². The van der Waals surface area contributed by atoms with E-state index in [9.17, 15) is 14.4 Å². The maximum Gasteiger partial charge on any atom is 0.323 e. The molecule has 0 rings (SSSR count). The highest BCUT2D eigenvalue weighted by Crippen LogP contribution is 2.05. The third kappa shape index (κ3) is 5.86. The molecule has 0 aromatic carbocycles. The molecule has 0 bridgehead atoms. The van der Waals surface area contributed by atoms with Crippen molar-refractivity contribution in [2.75, 3.05) is 6.54 Å². The van der Waals surface area contributed by atoms with E-state index in [4.69, 9.17) is 15.9 Å². The quantitative estimate of drug-likeness (QED) is 0.556. The van der Waals surface area contributed by atoms with Gasteiger partial charge in [0.25, 0.3) is 0 Å². The number of amides is 1. The predicted octanol–water partition coefficient (Wildman–Crippen LogP) is -0.500. The van der Waals surface area contributed by atoms with Crippen molar-refractivity contribution in [3.63, 3.8) is 0 Å². The number of hydrogen-bond acceptors (Lipinski definition) is 4. The molecule has 7 heteroatoms. The summed E-state index contributed by atoms with van der Waals surface area (Å²) in [7, 11) is 0. The van der Waals surface area contributed by atoms with E-state index < -0.39 is 30.4 Å². The van der Waals surface area contributed by atoms with Gasteiger partial charge in [-0.05, 0) is 20.3 Å². The summed E-state index contributed by atoms with van der Waals surface area (Å²) >= 11 is 0. The fraction of sp³-hybridized carbons (Fsp3) is 0.700. The van der Waals surface area contributed by atoms with Crippen molar-refractivity contribution in [3.8, 4) is 0 Å². The molecule has 0 radical (unpaired) electrons. The van der Waals surface area contributed by atoms with Gasteiger partial charge in [0.15, 0.2) is 0 Å². The van der Waals surface area contributed by atoms with E-state index >= 15 is 0 Å². The van der Waals surface area contributed by atoms with Crippen LogP contribution in [0.2, 0.25) is 0 Å². The van der Waals surface area contributed by atoms with Gasteiger partial charge < -0.3 is 20.8 Å². The summed E-state index contributed by atoms with van der Waals surface area (Å²) in [5.41, 5.74) is 5.53. The number of carbonyl (C=O) groups excluding carboxylic acids is 1. The summed E-state index contributed by atoms with van der Waals surface area (Å²) in [5, 5.41) is 17.1. The lowest BCUT2D eigenvalue weighted by Crippen LogP contribution is -2.49. The number of carboxylic acid groups (broad SMARTS) is 2. The number of aliphatic carboxylic acids is 2. The van der Waals surface area contributed by atoms with Gasteiger partial charge in [0.1, 0.15) is 6.54 Å². The summed E-state index contributed by atoms with van der Waals surface area (Å²) in [6.45, 7) is 2.91. The third-order valence-corrected chi connectivity index (χ3v) is 2.20. The molecule has 0 saturated heterocycles. The summed E-state index contributed by atoms with van der Waals surface area (Å²) in [5.74, 6) is -2.70. The summed E-state index contributed by atoms with van der Waals surface area (Å²) in [6.07, 6.45) is -0.219. The maximum absolute atomic E-state index is 11.8. The van der Waals surface area contributed by atoms with Crippen LogP contribution in [0.5, 0.6) is 0 Å². The lowest BCUT2D eigenvalue weighted by Gasteiger charge is -2.27. The third-order valence-electron chi connectivity index (χ3n) is 2.20. The summed E-state index contributed by atoms with van der Waals surface area (Å²) in [6, 6.07) is -1.28. The molecule has 0 fully saturated rings. The van der Waals surface area contributed by atoms with Crippen molar-refractivity contribution in [2.45, 2.75) is 38.8 Å². The summed E-state index contributed by atoms with van der Waals surface area (Å²) in [4.78, 5) is 33.8. The fourth-order valence-electron chi connectivity index (χ4n) is 1.28. The first-order chi connectivity index (χ1) is 7.75.